The molecule has 0 radical (unpaired) electrons. The van der Waals surface area contributed by atoms with Crippen LogP contribution in [0.3, 0.4) is 0 Å². The molecule has 2 fully saturated rings. The number of nitrogens with zero attached hydrogens (tertiary/aromatic N) is 4. The van der Waals surface area contributed by atoms with Gasteiger partial charge < -0.3 is 10.0 Å². The molecule has 0 saturated carbocycles. The Kier molecular flexibility index (Phi) is 7.93. The van der Waals surface area contributed by atoms with E-state index in [1.807, 2.05) is 6.07 Å². The molecule has 12 heteroatoms. The average Bonchev–Trinajstić information content (AvgIpc) is 2.80. The molecule has 1 aromatic carbocycles. The molecule has 0 bridgehead atoms. The SMILES string of the molecule is N#Cc1cccc(N2CCCC3(CN(Cc4cccnc4)CC(F)(F)C3)C2=O)c1.O=C(O)C(F)(F)F. The van der Waals surface area contributed by atoms with Crippen LogP contribution in [0.2, 0.25) is 0 Å². The summed E-state index contributed by atoms with van der Waals surface area (Å²) in [7, 11) is 0. The summed E-state index contributed by atoms with van der Waals surface area (Å²) in [6, 6.07) is 12.5. The largest absolute Gasteiger partial charge is 0.490 e. The first-order valence-corrected chi connectivity index (χ1v) is 11.0. The van der Waals surface area contributed by atoms with Crippen molar-refractivity contribution in [2.75, 3.05) is 24.5 Å². The Balaban J connectivity index is 0.000000454. The van der Waals surface area contributed by atoms with Crippen molar-refractivity contribution in [2.45, 2.75) is 37.9 Å². The lowest BCUT2D eigenvalue weighted by Crippen LogP contribution is -2.61. The highest BCUT2D eigenvalue weighted by atomic mass is 19.4. The molecular formula is C24H23F5N4O3. The van der Waals surface area contributed by atoms with E-state index in [9.17, 15) is 26.7 Å². The maximum absolute atomic E-state index is 14.7. The molecule has 1 N–H and O–H groups in total. The minimum absolute atomic E-state index is 0.269. The van der Waals surface area contributed by atoms with Gasteiger partial charge in [0.1, 0.15) is 0 Å². The smallest absolute Gasteiger partial charge is 0.475 e. The van der Waals surface area contributed by atoms with Gasteiger partial charge in [0.15, 0.2) is 0 Å². The number of alkyl halides is 5. The van der Waals surface area contributed by atoms with Crippen molar-refractivity contribution in [3.05, 3.63) is 59.9 Å². The predicted molar refractivity (Wildman–Crippen MR) is 118 cm³/mol. The molecule has 192 valence electrons. The standard InChI is InChI=1S/C22H22F2N4O.C2HF3O2/c23-22(24)14-21(15-27(16-22)13-18-5-2-8-26-12-18)7-3-9-28(20(21)29)19-6-1-4-17(10-19)11-25;3-2(4,5)1(6)7/h1-2,4-6,8,10,12H,3,7,9,13-16H2;(H,6,7). The van der Waals surface area contributed by atoms with E-state index in [4.69, 9.17) is 15.2 Å². The Morgan fingerprint density at radius 2 is 1.92 bits per heavy atom. The monoisotopic (exact) mass is 510 g/mol. The number of hydrogen-bond acceptors (Lipinski definition) is 5. The maximum Gasteiger partial charge on any atom is 0.490 e. The van der Waals surface area contributed by atoms with Crippen LogP contribution in [-0.4, -0.2) is 58.6 Å². The number of hydrogen-bond donors (Lipinski definition) is 1. The van der Waals surface area contributed by atoms with Gasteiger partial charge in [-0.2, -0.15) is 18.4 Å². The number of benzene rings is 1. The maximum atomic E-state index is 14.7. The summed E-state index contributed by atoms with van der Waals surface area (Å²) in [6.07, 6.45) is -1.11. The summed E-state index contributed by atoms with van der Waals surface area (Å²) in [4.78, 5) is 29.7. The van der Waals surface area contributed by atoms with E-state index in [0.717, 1.165) is 5.56 Å². The van der Waals surface area contributed by atoms with E-state index in [1.165, 1.54) is 0 Å². The number of amides is 1. The van der Waals surface area contributed by atoms with E-state index in [1.54, 1.807) is 52.5 Å². The van der Waals surface area contributed by atoms with Crippen LogP contribution in [0.4, 0.5) is 27.6 Å². The van der Waals surface area contributed by atoms with Gasteiger partial charge in [0, 0.05) is 44.1 Å². The first kappa shape index (κ1) is 27.0. The lowest BCUT2D eigenvalue weighted by atomic mass is 9.71. The molecule has 1 aromatic heterocycles. The van der Waals surface area contributed by atoms with Crippen LogP contribution in [0.25, 0.3) is 0 Å². The van der Waals surface area contributed by atoms with Crippen LogP contribution >= 0.6 is 0 Å². The number of halogens is 5. The van der Waals surface area contributed by atoms with E-state index in [-0.39, 0.29) is 12.5 Å². The fourth-order valence-electron chi connectivity index (χ4n) is 4.65. The highest BCUT2D eigenvalue weighted by molar-refractivity contribution is 5.98. The van der Waals surface area contributed by atoms with Crippen molar-refractivity contribution in [3.63, 3.8) is 0 Å². The molecule has 2 aliphatic heterocycles. The highest BCUT2D eigenvalue weighted by Crippen LogP contribution is 2.46. The average molecular weight is 510 g/mol. The highest BCUT2D eigenvalue weighted by Gasteiger charge is 2.55. The fraction of sp³-hybridized carbons (Fsp3) is 0.417. The molecule has 1 unspecified atom stereocenters. The Labute approximate surface area is 203 Å². The Morgan fingerprint density at radius 1 is 1.19 bits per heavy atom. The van der Waals surface area contributed by atoms with E-state index < -0.39 is 29.9 Å². The van der Waals surface area contributed by atoms with Gasteiger partial charge in [-0.25, -0.2) is 13.6 Å². The van der Waals surface area contributed by atoms with E-state index in [0.29, 0.717) is 43.7 Å². The third-order valence-corrected chi connectivity index (χ3v) is 5.97. The molecule has 2 saturated heterocycles. The number of rotatable bonds is 3. The topological polar surface area (TPSA) is 97.5 Å². The number of aromatic nitrogens is 1. The van der Waals surface area contributed by atoms with Crippen LogP contribution in [-0.2, 0) is 16.1 Å². The normalized spacial score (nSPS) is 21.9. The molecular weight excluding hydrogens is 487 g/mol. The number of nitriles is 1. The minimum Gasteiger partial charge on any atom is -0.475 e. The Morgan fingerprint density at radius 3 is 2.53 bits per heavy atom. The summed E-state index contributed by atoms with van der Waals surface area (Å²) in [5, 5.41) is 16.3. The van der Waals surface area contributed by atoms with Crippen molar-refractivity contribution in [3.8, 4) is 6.07 Å². The number of carboxylic acid groups (broad SMARTS) is 1. The predicted octanol–water partition coefficient (Wildman–Crippen LogP) is 4.24. The second-order valence-corrected chi connectivity index (χ2v) is 8.84. The van der Waals surface area contributed by atoms with E-state index in [2.05, 4.69) is 11.1 Å². The molecule has 2 aliphatic rings. The molecule has 0 aliphatic carbocycles. The Hall–Kier alpha value is -3.59. The number of carbonyl (C=O) groups is 2. The second kappa shape index (κ2) is 10.6. The van der Waals surface area contributed by atoms with Crippen molar-refractivity contribution in [1.82, 2.24) is 9.88 Å². The number of pyridine rings is 1. The molecule has 36 heavy (non-hydrogen) atoms. The fourth-order valence-corrected chi connectivity index (χ4v) is 4.65. The van der Waals surface area contributed by atoms with Gasteiger partial charge in [0.05, 0.1) is 23.6 Å². The zero-order valence-electron chi connectivity index (χ0n) is 19.0. The molecule has 1 atom stereocenters. The second-order valence-electron chi connectivity index (χ2n) is 8.84. The van der Waals surface area contributed by atoms with Crippen LogP contribution < -0.4 is 4.90 Å². The van der Waals surface area contributed by atoms with Gasteiger partial charge in [-0.05, 0) is 42.7 Å². The number of carboxylic acids is 1. The zero-order valence-corrected chi connectivity index (χ0v) is 19.0. The van der Waals surface area contributed by atoms with Gasteiger partial charge in [-0.15, -0.1) is 0 Å². The van der Waals surface area contributed by atoms with Gasteiger partial charge in [0.25, 0.3) is 5.92 Å². The van der Waals surface area contributed by atoms with Crippen LogP contribution in [0.1, 0.15) is 30.4 Å². The number of likely N-dealkylation sites (tertiary alicyclic amines) is 1. The zero-order chi connectivity index (χ0) is 26.6. The number of aliphatic carboxylic acids is 1. The number of carbonyl (C=O) groups excluding carboxylic acids is 1. The summed E-state index contributed by atoms with van der Waals surface area (Å²) in [5.74, 6) is -5.96. The first-order chi connectivity index (χ1) is 16.8. The van der Waals surface area contributed by atoms with Crippen molar-refractivity contribution >= 4 is 17.6 Å². The molecule has 2 aromatic rings. The molecule has 4 rings (SSSR count). The Bertz CT molecular complexity index is 1140. The third-order valence-electron chi connectivity index (χ3n) is 5.97. The van der Waals surface area contributed by atoms with E-state index >= 15 is 0 Å². The summed E-state index contributed by atoms with van der Waals surface area (Å²) in [6.45, 7) is 0.748. The molecule has 3 heterocycles. The van der Waals surface area contributed by atoms with Gasteiger partial charge in [0.2, 0.25) is 5.91 Å². The quantitative estimate of drug-likeness (QED) is 0.621. The number of piperidine rings is 2. The van der Waals surface area contributed by atoms with Gasteiger partial charge >= 0.3 is 12.1 Å². The molecule has 1 amide bonds. The minimum atomic E-state index is -5.08. The van der Waals surface area contributed by atoms with Crippen molar-refractivity contribution in [2.24, 2.45) is 5.41 Å². The van der Waals surface area contributed by atoms with Crippen LogP contribution in [0.15, 0.2) is 48.8 Å². The first-order valence-electron chi connectivity index (χ1n) is 11.0. The molecule has 1 spiro atoms. The van der Waals surface area contributed by atoms with Gasteiger partial charge in [-0.3, -0.25) is 14.7 Å². The van der Waals surface area contributed by atoms with Crippen LogP contribution in [0, 0.1) is 16.7 Å². The van der Waals surface area contributed by atoms with Crippen LogP contribution in [0.5, 0.6) is 0 Å². The van der Waals surface area contributed by atoms with Gasteiger partial charge in [-0.1, -0.05) is 12.1 Å². The summed E-state index contributed by atoms with van der Waals surface area (Å²) >= 11 is 0. The van der Waals surface area contributed by atoms with Crippen molar-refractivity contribution in [1.29, 1.82) is 5.26 Å². The lowest BCUT2D eigenvalue weighted by Gasteiger charge is -2.49. The van der Waals surface area contributed by atoms with Crippen molar-refractivity contribution < 1.29 is 36.6 Å². The number of anilines is 1. The third kappa shape index (κ3) is 6.54. The summed E-state index contributed by atoms with van der Waals surface area (Å²) < 4.78 is 61.2. The lowest BCUT2D eigenvalue weighted by molar-refractivity contribution is -0.192. The molecule has 7 nitrogen and oxygen atoms in total. The summed E-state index contributed by atoms with van der Waals surface area (Å²) in [5.41, 5.74) is 0.773.